The van der Waals surface area contributed by atoms with Crippen LogP contribution in [0.5, 0.6) is 11.5 Å². The number of allylic oxidation sites excluding steroid dienone is 1. The van der Waals surface area contributed by atoms with E-state index in [1.807, 2.05) is 31.2 Å². The second kappa shape index (κ2) is 7.01. The first-order chi connectivity index (χ1) is 11.6. The molecule has 1 N–H and O–H groups in total. The Kier molecular flexibility index (Phi) is 4.62. The molecule has 1 aliphatic rings. The van der Waals surface area contributed by atoms with Gasteiger partial charge in [0.1, 0.15) is 11.5 Å². The quantitative estimate of drug-likeness (QED) is 0.923. The monoisotopic (exact) mass is 317 g/mol. The summed E-state index contributed by atoms with van der Waals surface area (Å²) in [6.07, 6.45) is 2.87. The molecule has 0 amide bonds. The van der Waals surface area contributed by atoms with Crippen LogP contribution in [0, 0.1) is 18.3 Å². The fraction of sp³-hybridized carbons (Fsp3) is 0.200. The molecule has 4 heteroatoms. The largest absolute Gasteiger partial charge is 0.457 e. The van der Waals surface area contributed by atoms with E-state index in [9.17, 15) is 0 Å². The van der Waals surface area contributed by atoms with E-state index in [0.717, 1.165) is 35.6 Å². The lowest BCUT2D eigenvalue weighted by atomic mass is 10.0. The van der Waals surface area contributed by atoms with Crippen molar-refractivity contribution in [3.63, 3.8) is 0 Å². The van der Waals surface area contributed by atoms with E-state index in [-0.39, 0.29) is 0 Å². The van der Waals surface area contributed by atoms with Gasteiger partial charge in [-0.2, -0.15) is 10.4 Å². The van der Waals surface area contributed by atoms with Crippen LogP contribution >= 0.6 is 0 Å². The summed E-state index contributed by atoms with van der Waals surface area (Å²) in [5, 5.41) is 13.3. The third-order valence-electron chi connectivity index (χ3n) is 3.82. The van der Waals surface area contributed by atoms with Crippen LogP contribution in [0.2, 0.25) is 0 Å². The molecule has 0 aromatic heterocycles. The number of nitriles is 1. The predicted octanol–water partition coefficient (Wildman–Crippen LogP) is 4.11. The molecule has 0 radical (unpaired) electrons. The van der Waals surface area contributed by atoms with Gasteiger partial charge >= 0.3 is 0 Å². The zero-order valence-corrected chi connectivity index (χ0v) is 13.8. The molecule has 0 fully saturated rings. The first-order valence-corrected chi connectivity index (χ1v) is 7.88. The van der Waals surface area contributed by atoms with Crippen LogP contribution in [0.15, 0.2) is 59.2 Å². The number of ether oxygens (including phenoxy) is 1. The van der Waals surface area contributed by atoms with Crippen molar-refractivity contribution in [2.45, 2.75) is 20.3 Å². The maximum absolute atomic E-state index is 9.00. The van der Waals surface area contributed by atoms with E-state index >= 15 is 0 Å². The van der Waals surface area contributed by atoms with Gasteiger partial charge in [0.15, 0.2) is 0 Å². The number of rotatable bonds is 4. The average Bonchev–Trinajstić information content (AvgIpc) is 2.58. The van der Waals surface area contributed by atoms with E-state index in [1.54, 1.807) is 12.1 Å². The second-order valence-electron chi connectivity index (χ2n) is 5.95. The number of hydrogen-bond acceptors (Lipinski definition) is 4. The van der Waals surface area contributed by atoms with E-state index in [2.05, 4.69) is 35.7 Å². The minimum Gasteiger partial charge on any atom is -0.457 e. The minimum atomic E-state index is 0.588. The van der Waals surface area contributed by atoms with Gasteiger partial charge in [0, 0.05) is 6.42 Å². The Balaban J connectivity index is 1.81. The molecule has 2 aromatic carbocycles. The van der Waals surface area contributed by atoms with Crippen LogP contribution in [0.3, 0.4) is 0 Å². The molecule has 0 saturated carbocycles. The molecule has 24 heavy (non-hydrogen) atoms. The minimum absolute atomic E-state index is 0.588. The molecule has 120 valence electrons. The van der Waals surface area contributed by atoms with Crippen LogP contribution in [0.25, 0.3) is 0 Å². The maximum atomic E-state index is 9.00. The highest BCUT2D eigenvalue weighted by molar-refractivity contribution is 5.97. The molecule has 0 saturated heterocycles. The molecule has 0 bridgehead atoms. The Labute approximate surface area is 142 Å². The lowest BCUT2D eigenvalue weighted by Gasteiger charge is -2.13. The molecule has 0 atom stereocenters. The molecule has 0 unspecified atom stereocenters. The Hall–Kier alpha value is -3.06. The van der Waals surface area contributed by atoms with Crippen LogP contribution < -0.4 is 10.2 Å². The van der Waals surface area contributed by atoms with Crippen LogP contribution in [0.4, 0.5) is 0 Å². The topological polar surface area (TPSA) is 57.4 Å². The summed E-state index contributed by atoms with van der Waals surface area (Å²) >= 11 is 0. The van der Waals surface area contributed by atoms with Crippen molar-refractivity contribution < 1.29 is 4.74 Å². The summed E-state index contributed by atoms with van der Waals surface area (Å²) in [4.78, 5) is 0. The Morgan fingerprint density at radius 3 is 2.88 bits per heavy atom. The van der Waals surface area contributed by atoms with Crippen molar-refractivity contribution in [3.8, 4) is 17.6 Å². The van der Waals surface area contributed by atoms with Crippen molar-refractivity contribution >= 4 is 5.71 Å². The lowest BCUT2D eigenvalue weighted by molar-refractivity contribution is 0.478. The zero-order chi connectivity index (χ0) is 16.9. The summed E-state index contributed by atoms with van der Waals surface area (Å²) in [5.41, 5.74) is 8.11. The highest BCUT2D eigenvalue weighted by Gasteiger charge is 2.08. The fourth-order valence-corrected chi connectivity index (χ4v) is 2.55. The van der Waals surface area contributed by atoms with E-state index in [1.165, 1.54) is 5.57 Å². The van der Waals surface area contributed by atoms with Crippen LogP contribution in [0.1, 0.15) is 23.6 Å². The van der Waals surface area contributed by atoms with Crippen LogP contribution in [-0.2, 0) is 6.42 Å². The molecule has 0 spiro atoms. The normalized spacial score (nSPS) is 13.4. The molecule has 1 heterocycles. The molecular weight excluding hydrogens is 298 g/mol. The average molecular weight is 317 g/mol. The van der Waals surface area contributed by atoms with Gasteiger partial charge in [-0.15, -0.1) is 0 Å². The summed E-state index contributed by atoms with van der Waals surface area (Å²) in [7, 11) is 0. The molecule has 2 aromatic rings. The number of hydrazone groups is 1. The second-order valence-corrected chi connectivity index (χ2v) is 5.95. The van der Waals surface area contributed by atoms with Gasteiger partial charge in [-0.05, 0) is 55.3 Å². The molecule has 4 nitrogen and oxygen atoms in total. The van der Waals surface area contributed by atoms with Crippen molar-refractivity contribution in [2.24, 2.45) is 5.10 Å². The first kappa shape index (κ1) is 15.8. The summed E-state index contributed by atoms with van der Waals surface area (Å²) in [5.74, 6) is 1.47. The van der Waals surface area contributed by atoms with Crippen LogP contribution in [-0.4, -0.2) is 12.3 Å². The highest BCUT2D eigenvalue weighted by atomic mass is 16.5. The van der Waals surface area contributed by atoms with Gasteiger partial charge in [-0.25, -0.2) is 0 Å². The standard InChI is InChI=1S/C20H19N3O/c1-14-8-18(23-22-13-14)9-16-7-6-15(2)20(11-16)24-19-5-3-4-17(10-19)12-21/h3-8,10-11,22H,9,13H2,1-2H3. The number of nitrogens with one attached hydrogen (secondary N) is 1. The van der Waals surface area contributed by atoms with E-state index in [4.69, 9.17) is 10.00 Å². The fourth-order valence-electron chi connectivity index (χ4n) is 2.55. The molecule has 1 aliphatic heterocycles. The number of nitrogens with zero attached hydrogens (tertiary/aromatic N) is 2. The summed E-state index contributed by atoms with van der Waals surface area (Å²) in [6.45, 7) is 4.91. The Bertz CT molecular complexity index is 859. The predicted molar refractivity (Wildman–Crippen MR) is 95.3 cm³/mol. The lowest BCUT2D eigenvalue weighted by Crippen LogP contribution is -2.19. The van der Waals surface area contributed by atoms with Gasteiger partial charge in [0.05, 0.1) is 23.9 Å². The molecular formula is C20H19N3O. The zero-order valence-electron chi connectivity index (χ0n) is 13.8. The van der Waals surface area contributed by atoms with Gasteiger partial charge < -0.3 is 10.2 Å². The molecule has 0 aliphatic carbocycles. The Morgan fingerprint density at radius 1 is 1.21 bits per heavy atom. The number of benzene rings is 2. The van der Waals surface area contributed by atoms with Gasteiger partial charge in [-0.3, -0.25) is 0 Å². The number of aryl methyl sites for hydroxylation is 1. The van der Waals surface area contributed by atoms with Crippen molar-refractivity contribution in [1.82, 2.24) is 5.43 Å². The first-order valence-electron chi connectivity index (χ1n) is 7.88. The van der Waals surface area contributed by atoms with Crippen molar-refractivity contribution in [2.75, 3.05) is 6.54 Å². The van der Waals surface area contributed by atoms with E-state index < -0.39 is 0 Å². The van der Waals surface area contributed by atoms with Gasteiger partial charge in [0.2, 0.25) is 0 Å². The van der Waals surface area contributed by atoms with Crippen molar-refractivity contribution in [1.29, 1.82) is 5.26 Å². The van der Waals surface area contributed by atoms with Gasteiger partial charge in [0.25, 0.3) is 0 Å². The highest BCUT2D eigenvalue weighted by Crippen LogP contribution is 2.27. The Morgan fingerprint density at radius 2 is 2.08 bits per heavy atom. The van der Waals surface area contributed by atoms with Crippen molar-refractivity contribution in [3.05, 3.63) is 70.8 Å². The van der Waals surface area contributed by atoms with Gasteiger partial charge in [-0.1, -0.05) is 23.8 Å². The smallest absolute Gasteiger partial charge is 0.130 e. The number of hydrogen-bond donors (Lipinski definition) is 1. The summed E-state index contributed by atoms with van der Waals surface area (Å²) in [6, 6.07) is 15.5. The third kappa shape index (κ3) is 3.82. The summed E-state index contributed by atoms with van der Waals surface area (Å²) < 4.78 is 5.98. The maximum Gasteiger partial charge on any atom is 0.130 e. The third-order valence-corrected chi connectivity index (χ3v) is 3.82. The van der Waals surface area contributed by atoms with E-state index in [0.29, 0.717) is 11.3 Å². The molecule has 3 rings (SSSR count). The SMILES string of the molecule is CC1=CC(Cc2ccc(C)c(Oc3cccc(C#N)c3)c2)=NNC1.